The minimum absolute atomic E-state index is 0.253. The van der Waals surface area contributed by atoms with Gasteiger partial charge in [0.1, 0.15) is 19.4 Å². The van der Waals surface area contributed by atoms with Gasteiger partial charge in [0.2, 0.25) is 0 Å². The van der Waals surface area contributed by atoms with Gasteiger partial charge in [0.05, 0.1) is 11.1 Å². The number of carbonyl (C=O) groups is 2. The fraction of sp³-hybridized carbons (Fsp3) is 0.394. The predicted octanol–water partition coefficient (Wildman–Crippen LogP) is 6.01. The smallest absolute Gasteiger partial charge is 0.456 e. The molecule has 0 bridgehead atoms. The highest BCUT2D eigenvalue weighted by Crippen LogP contribution is 2.51. The van der Waals surface area contributed by atoms with Crippen LogP contribution in [0.5, 0.6) is 5.75 Å². The maximum atomic E-state index is 13.7. The zero-order valence-electron chi connectivity index (χ0n) is 25.6. The lowest BCUT2D eigenvalue weighted by Crippen LogP contribution is -2.67. The molecule has 3 heterocycles. The topological polar surface area (TPSA) is 96.0 Å². The Kier molecular flexibility index (Phi) is 7.09. The van der Waals surface area contributed by atoms with Crippen LogP contribution in [0, 0.1) is 13.8 Å². The van der Waals surface area contributed by atoms with Crippen molar-refractivity contribution in [1.29, 1.82) is 0 Å². The van der Waals surface area contributed by atoms with E-state index in [1.54, 1.807) is 39.8 Å². The summed E-state index contributed by atoms with van der Waals surface area (Å²) in [6.45, 7) is 8.92. The Morgan fingerprint density at radius 3 is 2.13 bits per heavy atom. The van der Waals surface area contributed by atoms with Crippen LogP contribution >= 0.6 is 0 Å². The summed E-state index contributed by atoms with van der Waals surface area (Å²) in [7, 11) is -8.68. The van der Waals surface area contributed by atoms with Gasteiger partial charge in [-0.25, -0.2) is 9.59 Å². The summed E-state index contributed by atoms with van der Waals surface area (Å²) < 4.78 is 80.8. The van der Waals surface area contributed by atoms with Gasteiger partial charge in [0.15, 0.2) is 5.60 Å². The summed E-state index contributed by atoms with van der Waals surface area (Å²) in [6.07, 6.45) is 2.76. The van der Waals surface area contributed by atoms with E-state index in [0.29, 0.717) is 21.9 Å². The summed E-state index contributed by atoms with van der Waals surface area (Å²) in [5.41, 5.74) is -4.22. The van der Waals surface area contributed by atoms with Crippen molar-refractivity contribution >= 4 is 40.5 Å². The first-order valence-corrected chi connectivity index (χ1v) is 18.6. The fourth-order valence-electron chi connectivity index (χ4n) is 7.17. The monoisotopic (exact) mass is 658 g/mol. The maximum Gasteiger partial charge on any atom is 0.534 e. The van der Waals surface area contributed by atoms with Gasteiger partial charge in [0.25, 0.3) is 0 Å². The first kappa shape index (κ1) is 31.3. The van der Waals surface area contributed by atoms with Gasteiger partial charge in [-0.2, -0.15) is 21.6 Å². The number of esters is 2. The Labute approximate surface area is 260 Å². The maximum absolute atomic E-state index is 13.7. The lowest BCUT2D eigenvalue weighted by atomic mass is 9.78. The van der Waals surface area contributed by atoms with E-state index in [2.05, 4.69) is 10.2 Å². The van der Waals surface area contributed by atoms with E-state index < -0.39 is 52.6 Å². The van der Waals surface area contributed by atoms with Crippen molar-refractivity contribution in [3.63, 3.8) is 0 Å². The van der Waals surface area contributed by atoms with Gasteiger partial charge >= 0.3 is 27.6 Å². The third-order valence-corrected chi connectivity index (χ3v) is 15.3. The summed E-state index contributed by atoms with van der Waals surface area (Å²) >= 11 is 0. The second-order valence-electron chi connectivity index (χ2n) is 13.2. The van der Waals surface area contributed by atoms with Crippen LogP contribution in [0.15, 0.2) is 48.5 Å². The molecular weight excluding hydrogens is 626 g/mol. The number of carbonyl (C=O) groups excluding carboxylic acids is 2. The van der Waals surface area contributed by atoms with Crippen LogP contribution < -0.4 is 14.6 Å². The largest absolute Gasteiger partial charge is 0.534 e. The number of alkyl halides is 3. The van der Waals surface area contributed by atoms with Crippen LogP contribution in [0.25, 0.3) is 0 Å². The van der Waals surface area contributed by atoms with Crippen molar-refractivity contribution in [2.75, 3.05) is 0 Å². The molecule has 0 aliphatic carbocycles. The molecule has 1 fully saturated rings. The van der Waals surface area contributed by atoms with E-state index in [-0.39, 0.29) is 11.1 Å². The van der Waals surface area contributed by atoms with Crippen molar-refractivity contribution in [3.8, 4) is 5.75 Å². The summed E-state index contributed by atoms with van der Waals surface area (Å²) in [5, 5.41) is 1.64. The minimum Gasteiger partial charge on any atom is -0.456 e. The molecule has 2 spiro atoms. The molecule has 1 atom stereocenters. The van der Waals surface area contributed by atoms with Crippen molar-refractivity contribution in [1.82, 2.24) is 0 Å². The van der Waals surface area contributed by atoms with Crippen LogP contribution in [0.2, 0.25) is 12.1 Å². The van der Waals surface area contributed by atoms with Crippen LogP contribution in [0.3, 0.4) is 0 Å². The molecule has 0 radical (unpaired) electrons. The molecule has 0 N–H and O–H groups in total. The van der Waals surface area contributed by atoms with Crippen LogP contribution in [-0.4, -0.2) is 39.5 Å². The number of hydrogen-bond acceptors (Lipinski definition) is 7. The van der Waals surface area contributed by atoms with Crippen LogP contribution in [-0.2, 0) is 25.2 Å². The molecule has 3 aromatic carbocycles. The van der Waals surface area contributed by atoms with Crippen LogP contribution in [0.1, 0.15) is 88.6 Å². The fourth-order valence-corrected chi connectivity index (χ4v) is 13.4. The molecular formula is C33H33F3O7SSi. The third kappa shape index (κ3) is 4.88. The van der Waals surface area contributed by atoms with Crippen molar-refractivity contribution < 1.29 is 44.8 Å². The van der Waals surface area contributed by atoms with Gasteiger partial charge in [0, 0.05) is 16.7 Å². The van der Waals surface area contributed by atoms with E-state index in [0.717, 1.165) is 47.7 Å². The average molecular weight is 659 g/mol. The van der Waals surface area contributed by atoms with E-state index in [1.165, 1.54) is 18.2 Å². The third-order valence-electron chi connectivity index (χ3n) is 8.98. The van der Waals surface area contributed by atoms with Gasteiger partial charge < -0.3 is 13.7 Å². The molecule has 3 aromatic rings. The number of fused-ring (bicyclic) bond motifs is 8. The standard InChI is InChI=1S/C33H33F3O7SSi/c1-19-9-11-24-27(15-19)45(13-7-6-8-14-45)28-17-21(43-44(39,40)33(34,35)36)10-12-25(28)32(24)26-18-22(29(37)41-31(3,4)5)20(2)16-23(26)30(38)42-32/h9-12,15-18H,6-8,13-14H2,1-5H3. The van der Waals surface area contributed by atoms with E-state index in [4.69, 9.17) is 9.47 Å². The highest BCUT2D eigenvalue weighted by Gasteiger charge is 2.59. The Balaban J connectivity index is 1.66. The molecule has 6 rings (SSSR count). The Morgan fingerprint density at radius 2 is 1.51 bits per heavy atom. The zero-order valence-corrected chi connectivity index (χ0v) is 27.4. The van der Waals surface area contributed by atoms with E-state index >= 15 is 0 Å². The number of benzene rings is 3. The van der Waals surface area contributed by atoms with Gasteiger partial charge in [-0.1, -0.05) is 49.1 Å². The molecule has 12 heteroatoms. The lowest BCUT2D eigenvalue weighted by Gasteiger charge is -2.48. The minimum atomic E-state index is -5.93. The second-order valence-corrected chi connectivity index (χ2v) is 18.9. The Hall–Kier alpha value is -3.64. The van der Waals surface area contributed by atoms with E-state index in [1.807, 2.05) is 19.1 Å². The predicted molar refractivity (Wildman–Crippen MR) is 163 cm³/mol. The normalized spacial score (nSPS) is 20.3. The molecule has 238 valence electrons. The van der Waals surface area contributed by atoms with Crippen molar-refractivity contribution in [2.24, 2.45) is 0 Å². The van der Waals surface area contributed by atoms with Crippen molar-refractivity contribution in [3.05, 3.63) is 87.5 Å². The van der Waals surface area contributed by atoms with Gasteiger partial charge in [-0.3, -0.25) is 0 Å². The van der Waals surface area contributed by atoms with E-state index in [9.17, 15) is 31.2 Å². The number of aryl methyl sites for hydroxylation is 2. The second kappa shape index (κ2) is 10.2. The number of ether oxygens (including phenoxy) is 2. The van der Waals surface area contributed by atoms with Crippen LogP contribution in [0.4, 0.5) is 13.2 Å². The molecule has 1 saturated heterocycles. The highest BCUT2D eigenvalue weighted by atomic mass is 32.2. The molecule has 3 aliphatic rings. The van der Waals surface area contributed by atoms with Crippen molar-refractivity contribution in [2.45, 2.75) is 82.7 Å². The highest BCUT2D eigenvalue weighted by molar-refractivity contribution is 7.88. The number of rotatable bonds is 3. The average Bonchev–Trinajstić information content (AvgIpc) is 3.21. The molecule has 7 nitrogen and oxygen atoms in total. The summed E-state index contributed by atoms with van der Waals surface area (Å²) in [5.74, 6) is -1.64. The summed E-state index contributed by atoms with van der Waals surface area (Å²) in [4.78, 5) is 27.0. The Morgan fingerprint density at radius 1 is 0.889 bits per heavy atom. The Bertz CT molecular complexity index is 1870. The molecule has 1 unspecified atom stereocenters. The van der Waals surface area contributed by atoms with Gasteiger partial charge in [-0.05, 0) is 86.9 Å². The number of halogens is 3. The molecule has 3 aliphatic heterocycles. The molecule has 0 amide bonds. The van der Waals surface area contributed by atoms with Gasteiger partial charge in [-0.15, -0.1) is 0 Å². The molecule has 45 heavy (non-hydrogen) atoms. The molecule has 0 saturated carbocycles. The first-order valence-electron chi connectivity index (χ1n) is 14.8. The lowest BCUT2D eigenvalue weighted by molar-refractivity contribution is -0.0500. The summed E-state index contributed by atoms with van der Waals surface area (Å²) in [6, 6.07) is 14.8. The SMILES string of the molecule is Cc1ccc2c(c1)[Si]1(CCCCC1)c1cc(OS(=O)(=O)C(F)(F)F)ccc1C21OC(=O)c2cc(C)c(C(=O)OC(C)(C)C)cc21. The molecule has 0 aromatic heterocycles. The number of hydrogen-bond donors (Lipinski definition) is 0. The zero-order chi connectivity index (χ0) is 32.7. The first-order chi connectivity index (χ1) is 20.9. The quantitative estimate of drug-likeness (QED) is 0.147.